The molecule has 0 N–H and O–H groups in total. The van der Waals surface area contributed by atoms with Crippen LogP contribution in [0.25, 0.3) is 0 Å². The Morgan fingerprint density at radius 3 is 3.00 bits per heavy atom. The first-order valence-corrected chi connectivity index (χ1v) is 7.60. The monoisotopic (exact) mass is 289 g/mol. The van der Waals surface area contributed by atoms with Gasteiger partial charge in [0.05, 0.1) is 5.25 Å². The predicted molar refractivity (Wildman–Crippen MR) is 68.4 cm³/mol. The summed E-state index contributed by atoms with van der Waals surface area (Å²) in [6.45, 7) is 0. The van der Waals surface area contributed by atoms with Gasteiger partial charge in [0.2, 0.25) is 0 Å². The maximum absolute atomic E-state index is 12.3. The van der Waals surface area contributed by atoms with Gasteiger partial charge in [-0.1, -0.05) is 17.7 Å². The van der Waals surface area contributed by atoms with Crippen molar-refractivity contribution < 1.29 is 9.24 Å². The van der Waals surface area contributed by atoms with E-state index in [1.807, 2.05) is 0 Å². The molecule has 1 aliphatic heterocycles. The predicted octanol–water partition coefficient (Wildman–Crippen LogP) is 2.10. The maximum atomic E-state index is 12.3. The van der Waals surface area contributed by atoms with E-state index < -0.39 is 14.8 Å². The SMILES string of the molecule is O=[N+]([O-])N=[S@@]1(=O)CCCC1Cc1ccc(Cl)nc1. The molecule has 0 bridgehead atoms. The second-order valence-electron chi connectivity index (χ2n) is 4.17. The van der Waals surface area contributed by atoms with E-state index in [-0.39, 0.29) is 5.25 Å². The Labute approximate surface area is 110 Å². The van der Waals surface area contributed by atoms with Gasteiger partial charge >= 0.3 is 0 Å². The van der Waals surface area contributed by atoms with E-state index in [4.69, 9.17) is 11.6 Å². The zero-order valence-corrected chi connectivity index (χ0v) is 11.1. The highest BCUT2D eigenvalue weighted by atomic mass is 35.5. The van der Waals surface area contributed by atoms with Gasteiger partial charge < -0.3 is 0 Å². The molecule has 1 unspecified atom stereocenters. The number of nitro groups is 1. The lowest BCUT2D eigenvalue weighted by molar-refractivity contribution is -0.482. The summed E-state index contributed by atoms with van der Waals surface area (Å²) < 4.78 is 15.6. The third kappa shape index (κ3) is 2.97. The van der Waals surface area contributed by atoms with Crippen LogP contribution in [-0.2, 0) is 16.1 Å². The van der Waals surface area contributed by atoms with Crippen LogP contribution in [0.3, 0.4) is 0 Å². The normalized spacial score (nSPS) is 27.1. The zero-order valence-electron chi connectivity index (χ0n) is 9.49. The van der Waals surface area contributed by atoms with E-state index >= 15 is 0 Å². The van der Waals surface area contributed by atoms with Crippen LogP contribution >= 0.6 is 11.6 Å². The summed E-state index contributed by atoms with van der Waals surface area (Å²) in [7, 11) is -2.74. The molecule has 0 spiro atoms. The molecule has 2 rings (SSSR count). The van der Waals surface area contributed by atoms with Crippen LogP contribution in [0.2, 0.25) is 5.15 Å². The van der Waals surface area contributed by atoms with Crippen molar-refractivity contribution in [3.63, 3.8) is 0 Å². The Morgan fingerprint density at radius 1 is 1.61 bits per heavy atom. The van der Waals surface area contributed by atoms with Crippen molar-refractivity contribution in [3.05, 3.63) is 39.2 Å². The third-order valence-corrected chi connectivity index (χ3v) is 5.89. The quantitative estimate of drug-likeness (QED) is 0.484. The molecule has 8 heteroatoms. The highest BCUT2D eigenvalue weighted by Gasteiger charge is 2.32. The topological polar surface area (TPSA) is 85.5 Å². The summed E-state index contributed by atoms with van der Waals surface area (Å²) in [5.74, 6) is 0.305. The van der Waals surface area contributed by atoms with E-state index in [9.17, 15) is 14.3 Å². The molecule has 2 heterocycles. The summed E-state index contributed by atoms with van der Waals surface area (Å²) in [4.78, 5) is 14.4. The molecule has 1 aromatic heterocycles. The minimum atomic E-state index is -2.74. The second kappa shape index (κ2) is 5.19. The minimum absolute atomic E-state index is 0.272. The molecule has 0 radical (unpaired) electrons. The number of pyridine rings is 1. The summed E-state index contributed by atoms with van der Waals surface area (Å²) >= 11 is 5.68. The molecule has 1 fully saturated rings. The van der Waals surface area contributed by atoms with Crippen molar-refractivity contribution in [1.29, 1.82) is 0 Å². The van der Waals surface area contributed by atoms with Gasteiger partial charge in [0.1, 0.15) is 19.4 Å². The van der Waals surface area contributed by atoms with Gasteiger partial charge in [0.15, 0.2) is 5.03 Å². The fourth-order valence-electron chi connectivity index (χ4n) is 2.11. The van der Waals surface area contributed by atoms with E-state index in [1.165, 1.54) is 0 Å². The fraction of sp³-hybridized carbons (Fsp3) is 0.500. The molecule has 1 aromatic rings. The van der Waals surface area contributed by atoms with Gasteiger partial charge in [0.25, 0.3) is 0 Å². The Morgan fingerprint density at radius 2 is 2.39 bits per heavy atom. The van der Waals surface area contributed by atoms with E-state index in [0.29, 0.717) is 30.2 Å². The summed E-state index contributed by atoms with van der Waals surface area (Å²) in [6.07, 6.45) is 3.49. The van der Waals surface area contributed by atoms with Crippen molar-refractivity contribution in [2.45, 2.75) is 24.5 Å². The van der Waals surface area contributed by atoms with Crippen molar-refractivity contribution in [2.24, 2.45) is 4.47 Å². The molecular formula is C10H12ClN3O3S. The maximum Gasteiger partial charge on any atom is 0.199 e. The molecule has 0 aliphatic carbocycles. The van der Waals surface area contributed by atoms with Crippen LogP contribution in [0.15, 0.2) is 22.8 Å². The van der Waals surface area contributed by atoms with Crippen LogP contribution in [0.4, 0.5) is 0 Å². The number of aromatic nitrogens is 1. The first kappa shape index (κ1) is 13.2. The van der Waals surface area contributed by atoms with E-state index in [2.05, 4.69) is 9.46 Å². The number of rotatable bonds is 3. The average molecular weight is 290 g/mol. The highest BCUT2D eigenvalue weighted by molar-refractivity contribution is 7.94. The summed E-state index contributed by atoms with van der Waals surface area (Å²) in [5, 5.41) is 9.72. The summed E-state index contributed by atoms with van der Waals surface area (Å²) in [6, 6.07) is 3.44. The largest absolute Gasteiger partial charge is 0.244 e. The number of nitrogens with zero attached hydrogens (tertiary/aromatic N) is 3. The van der Waals surface area contributed by atoms with Crippen LogP contribution < -0.4 is 0 Å². The molecule has 0 saturated carbocycles. The van der Waals surface area contributed by atoms with Gasteiger partial charge in [0, 0.05) is 11.9 Å². The van der Waals surface area contributed by atoms with Gasteiger partial charge in [-0.25, -0.2) is 19.3 Å². The second-order valence-corrected chi connectivity index (χ2v) is 7.18. The molecule has 18 heavy (non-hydrogen) atoms. The lowest BCUT2D eigenvalue weighted by atomic mass is 10.1. The van der Waals surface area contributed by atoms with Crippen molar-refractivity contribution >= 4 is 21.3 Å². The van der Waals surface area contributed by atoms with Gasteiger partial charge in [-0.3, -0.25) is 0 Å². The Bertz CT molecular complexity index is 566. The number of hydrogen-bond donors (Lipinski definition) is 0. The molecular weight excluding hydrogens is 278 g/mol. The van der Waals surface area contributed by atoms with Crippen LogP contribution in [-0.4, -0.2) is 25.2 Å². The molecule has 98 valence electrons. The fourth-order valence-corrected chi connectivity index (χ4v) is 4.57. The Hall–Kier alpha value is -1.21. The molecule has 0 amide bonds. The molecule has 1 saturated heterocycles. The van der Waals surface area contributed by atoms with Gasteiger partial charge in [-0.05, 0) is 30.9 Å². The lowest BCUT2D eigenvalue weighted by Crippen LogP contribution is -2.20. The average Bonchev–Trinajstić information content (AvgIpc) is 2.62. The first-order chi connectivity index (χ1) is 8.49. The van der Waals surface area contributed by atoms with Crippen LogP contribution in [0.1, 0.15) is 18.4 Å². The smallest absolute Gasteiger partial charge is 0.199 e. The zero-order chi connectivity index (χ0) is 13.2. The number of halogens is 1. The van der Waals surface area contributed by atoms with E-state index in [0.717, 1.165) is 5.56 Å². The van der Waals surface area contributed by atoms with Crippen molar-refractivity contribution in [2.75, 3.05) is 5.75 Å². The number of hydrogen-bond acceptors (Lipinski definition) is 4. The Kier molecular flexibility index (Phi) is 3.82. The standard InChI is InChI=1S/C10H12ClN3O3S/c11-10-4-3-8(7-12-10)6-9-2-1-5-18(9,17)13-14(15)16/h3-4,7,9H,1-2,5-6H2/t9?,18-/m1/s1. The van der Waals surface area contributed by atoms with Crippen LogP contribution in [0.5, 0.6) is 0 Å². The molecule has 0 aromatic carbocycles. The molecule has 2 atom stereocenters. The first-order valence-electron chi connectivity index (χ1n) is 5.48. The van der Waals surface area contributed by atoms with Crippen LogP contribution in [0, 0.1) is 10.1 Å². The highest BCUT2D eigenvalue weighted by Crippen LogP contribution is 2.26. The summed E-state index contributed by atoms with van der Waals surface area (Å²) in [5.41, 5.74) is 0.873. The van der Waals surface area contributed by atoms with Gasteiger partial charge in [-0.2, -0.15) is 0 Å². The molecule has 1 aliphatic rings. The van der Waals surface area contributed by atoms with Gasteiger partial charge in [-0.15, -0.1) is 0 Å². The minimum Gasteiger partial charge on any atom is -0.244 e. The molecule has 6 nitrogen and oxygen atoms in total. The Balaban J connectivity index is 2.21. The van der Waals surface area contributed by atoms with Crippen molar-refractivity contribution in [3.8, 4) is 0 Å². The van der Waals surface area contributed by atoms with Crippen molar-refractivity contribution in [1.82, 2.24) is 4.98 Å². The third-order valence-electron chi connectivity index (χ3n) is 2.94. The van der Waals surface area contributed by atoms with E-state index in [1.54, 1.807) is 18.3 Å². The lowest BCUT2D eigenvalue weighted by Gasteiger charge is -2.10.